The Bertz CT molecular complexity index is 1580. The highest BCUT2D eigenvalue weighted by atomic mass is 16.5. The Morgan fingerprint density at radius 2 is 1.97 bits per heavy atom. The van der Waals surface area contributed by atoms with Gasteiger partial charge in [-0.25, -0.2) is 14.8 Å². The Labute approximate surface area is 194 Å². The standard InChI is InChI=1S/C26H21N5O3/c1-34-19-6-9-23-15(12-19)3-2-10-31(23)25-24(16-4-7-20-18(11-16)14-27-30-20)28-21-8-5-17(26(32)33)13-22(21)29-25/h4-9,11-14H,2-3,10H2,1H3,(H,27,30)(H,32,33). The van der Waals surface area contributed by atoms with E-state index in [1.54, 1.807) is 31.5 Å². The predicted octanol–water partition coefficient (Wildman–Crippen LogP) is 4.96. The first kappa shape index (κ1) is 20.2. The van der Waals surface area contributed by atoms with Gasteiger partial charge in [-0.1, -0.05) is 6.07 Å². The molecular formula is C26H21N5O3. The van der Waals surface area contributed by atoms with Crippen molar-refractivity contribution in [3.63, 3.8) is 0 Å². The Kier molecular flexibility index (Phi) is 4.65. The van der Waals surface area contributed by atoms with Crippen molar-refractivity contribution < 1.29 is 14.6 Å². The number of aromatic carboxylic acids is 1. The van der Waals surface area contributed by atoms with Crippen molar-refractivity contribution >= 4 is 39.4 Å². The maximum atomic E-state index is 11.6. The molecule has 0 unspecified atom stereocenters. The Morgan fingerprint density at radius 1 is 1.06 bits per heavy atom. The molecule has 0 saturated heterocycles. The molecule has 0 fully saturated rings. The second-order valence-electron chi connectivity index (χ2n) is 8.33. The zero-order chi connectivity index (χ0) is 23.2. The lowest BCUT2D eigenvalue weighted by Crippen LogP contribution is -2.26. The smallest absolute Gasteiger partial charge is 0.335 e. The van der Waals surface area contributed by atoms with E-state index < -0.39 is 5.97 Å². The SMILES string of the molecule is COc1ccc2c(c1)CCCN2c1nc2cc(C(=O)O)ccc2nc1-c1ccc2[nH]ncc2c1. The molecule has 0 amide bonds. The van der Waals surface area contributed by atoms with Crippen LogP contribution in [0.3, 0.4) is 0 Å². The molecule has 3 heterocycles. The zero-order valence-corrected chi connectivity index (χ0v) is 18.4. The highest BCUT2D eigenvalue weighted by molar-refractivity contribution is 5.94. The minimum Gasteiger partial charge on any atom is -0.497 e. The molecule has 0 radical (unpaired) electrons. The van der Waals surface area contributed by atoms with Crippen molar-refractivity contribution in [1.29, 1.82) is 0 Å². The lowest BCUT2D eigenvalue weighted by atomic mass is 10.00. The number of nitrogens with one attached hydrogen (secondary N) is 1. The van der Waals surface area contributed by atoms with Crippen LogP contribution in [0.25, 0.3) is 33.2 Å². The van der Waals surface area contributed by atoms with Gasteiger partial charge < -0.3 is 14.7 Å². The summed E-state index contributed by atoms with van der Waals surface area (Å²) in [6.45, 7) is 0.777. The molecule has 1 aliphatic rings. The van der Waals surface area contributed by atoms with Gasteiger partial charge in [-0.3, -0.25) is 5.10 Å². The third-order valence-electron chi connectivity index (χ3n) is 6.27. The topological polar surface area (TPSA) is 104 Å². The normalized spacial score (nSPS) is 13.3. The van der Waals surface area contributed by atoms with Gasteiger partial charge in [-0.15, -0.1) is 0 Å². The van der Waals surface area contributed by atoms with Crippen LogP contribution >= 0.6 is 0 Å². The van der Waals surface area contributed by atoms with E-state index >= 15 is 0 Å². The number of hydrogen-bond donors (Lipinski definition) is 2. The van der Waals surface area contributed by atoms with Gasteiger partial charge in [-0.05, 0) is 66.9 Å². The highest BCUT2D eigenvalue weighted by Crippen LogP contribution is 2.39. The van der Waals surface area contributed by atoms with Crippen molar-refractivity contribution in [2.24, 2.45) is 0 Å². The van der Waals surface area contributed by atoms with Gasteiger partial charge in [-0.2, -0.15) is 5.10 Å². The fourth-order valence-corrected chi connectivity index (χ4v) is 4.57. The molecule has 0 bridgehead atoms. The van der Waals surface area contributed by atoms with E-state index in [1.807, 2.05) is 24.3 Å². The van der Waals surface area contributed by atoms with E-state index in [0.29, 0.717) is 16.9 Å². The molecule has 0 spiro atoms. The van der Waals surface area contributed by atoms with E-state index in [9.17, 15) is 9.90 Å². The van der Waals surface area contributed by atoms with Gasteiger partial charge >= 0.3 is 5.97 Å². The fraction of sp³-hybridized carbons (Fsp3) is 0.154. The number of carboxylic acid groups (broad SMARTS) is 1. The number of carboxylic acids is 1. The molecule has 3 aromatic carbocycles. The summed E-state index contributed by atoms with van der Waals surface area (Å²) in [6, 6.07) is 16.9. The summed E-state index contributed by atoms with van der Waals surface area (Å²) in [5, 5.41) is 17.6. The molecule has 6 rings (SSSR count). The van der Waals surface area contributed by atoms with E-state index in [0.717, 1.165) is 53.0 Å². The lowest BCUT2D eigenvalue weighted by Gasteiger charge is -2.32. The fourth-order valence-electron chi connectivity index (χ4n) is 4.57. The third-order valence-corrected chi connectivity index (χ3v) is 6.27. The van der Waals surface area contributed by atoms with Crippen LogP contribution in [0, 0.1) is 0 Å². The largest absolute Gasteiger partial charge is 0.497 e. The maximum absolute atomic E-state index is 11.6. The highest BCUT2D eigenvalue weighted by Gasteiger charge is 2.25. The van der Waals surface area contributed by atoms with Gasteiger partial charge in [0.25, 0.3) is 0 Å². The first-order valence-electron chi connectivity index (χ1n) is 11.0. The van der Waals surface area contributed by atoms with Crippen molar-refractivity contribution in [1.82, 2.24) is 20.2 Å². The van der Waals surface area contributed by atoms with Crippen molar-refractivity contribution in [3.8, 4) is 17.0 Å². The molecule has 0 saturated carbocycles. The van der Waals surface area contributed by atoms with Gasteiger partial charge in [0, 0.05) is 23.2 Å². The van der Waals surface area contributed by atoms with E-state index in [-0.39, 0.29) is 5.56 Å². The van der Waals surface area contributed by atoms with Crippen LogP contribution in [0.4, 0.5) is 11.5 Å². The van der Waals surface area contributed by atoms with Crippen LogP contribution in [-0.2, 0) is 6.42 Å². The van der Waals surface area contributed by atoms with E-state index in [4.69, 9.17) is 14.7 Å². The molecule has 2 aromatic heterocycles. The van der Waals surface area contributed by atoms with Crippen LogP contribution in [0.15, 0.2) is 60.8 Å². The van der Waals surface area contributed by atoms with Crippen molar-refractivity contribution in [2.75, 3.05) is 18.6 Å². The van der Waals surface area contributed by atoms with E-state index in [1.165, 1.54) is 5.56 Å². The molecule has 0 atom stereocenters. The minimum absolute atomic E-state index is 0.184. The number of hydrogen-bond acceptors (Lipinski definition) is 6. The number of carbonyl (C=O) groups is 1. The average Bonchev–Trinajstić information content (AvgIpc) is 3.35. The number of anilines is 2. The van der Waals surface area contributed by atoms with Crippen LogP contribution in [0.2, 0.25) is 0 Å². The molecular weight excluding hydrogens is 430 g/mol. The molecule has 0 aliphatic carbocycles. The van der Waals surface area contributed by atoms with Gasteiger partial charge in [0.2, 0.25) is 0 Å². The van der Waals surface area contributed by atoms with Crippen molar-refractivity contribution in [3.05, 3.63) is 71.9 Å². The molecule has 34 heavy (non-hydrogen) atoms. The summed E-state index contributed by atoms with van der Waals surface area (Å²) in [6.07, 6.45) is 3.69. The van der Waals surface area contributed by atoms with Gasteiger partial charge in [0.05, 0.1) is 35.4 Å². The third kappa shape index (κ3) is 3.31. The van der Waals surface area contributed by atoms with E-state index in [2.05, 4.69) is 27.2 Å². The number of aromatic nitrogens is 4. The number of benzene rings is 3. The predicted molar refractivity (Wildman–Crippen MR) is 130 cm³/mol. The number of rotatable bonds is 4. The zero-order valence-electron chi connectivity index (χ0n) is 18.4. The molecule has 1 aliphatic heterocycles. The summed E-state index contributed by atoms with van der Waals surface area (Å²) in [7, 11) is 1.67. The lowest BCUT2D eigenvalue weighted by molar-refractivity contribution is 0.0697. The molecule has 5 aromatic rings. The number of nitrogens with zero attached hydrogens (tertiary/aromatic N) is 4. The summed E-state index contributed by atoms with van der Waals surface area (Å²) in [4.78, 5) is 23.7. The first-order chi connectivity index (χ1) is 16.6. The van der Waals surface area contributed by atoms with Gasteiger partial charge in [0.15, 0.2) is 5.82 Å². The van der Waals surface area contributed by atoms with Crippen LogP contribution in [-0.4, -0.2) is 44.9 Å². The summed E-state index contributed by atoms with van der Waals surface area (Å²) in [5.74, 6) is 0.529. The molecule has 2 N–H and O–H groups in total. The Hall–Kier alpha value is -4.46. The second-order valence-corrected chi connectivity index (χ2v) is 8.33. The van der Waals surface area contributed by atoms with Crippen LogP contribution in [0.1, 0.15) is 22.3 Å². The number of fused-ring (bicyclic) bond motifs is 3. The van der Waals surface area contributed by atoms with Gasteiger partial charge in [0.1, 0.15) is 11.4 Å². The first-order valence-corrected chi connectivity index (χ1v) is 11.0. The molecule has 8 nitrogen and oxygen atoms in total. The minimum atomic E-state index is -0.991. The molecule has 8 heteroatoms. The Balaban J connectivity index is 1.59. The Morgan fingerprint density at radius 3 is 2.82 bits per heavy atom. The second kappa shape index (κ2) is 7.84. The summed E-state index contributed by atoms with van der Waals surface area (Å²) < 4.78 is 5.43. The quantitative estimate of drug-likeness (QED) is 0.398. The summed E-state index contributed by atoms with van der Waals surface area (Å²) >= 11 is 0. The number of aromatic amines is 1. The number of methoxy groups -OCH3 is 1. The number of aryl methyl sites for hydroxylation is 1. The summed E-state index contributed by atoms with van der Waals surface area (Å²) in [5.41, 5.74) is 6.21. The van der Waals surface area contributed by atoms with Crippen molar-refractivity contribution in [2.45, 2.75) is 12.8 Å². The van der Waals surface area contributed by atoms with Crippen LogP contribution in [0.5, 0.6) is 5.75 Å². The maximum Gasteiger partial charge on any atom is 0.335 e. The monoisotopic (exact) mass is 451 g/mol. The molecule has 168 valence electrons. The number of ether oxygens (including phenoxy) is 1. The number of H-pyrrole nitrogens is 1. The van der Waals surface area contributed by atoms with Crippen LogP contribution < -0.4 is 9.64 Å². The average molecular weight is 451 g/mol.